The lowest BCUT2D eigenvalue weighted by molar-refractivity contribution is 0.414. The average molecular weight is 231 g/mol. The Labute approximate surface area is 101 Å². The number of benzene rings is 1. The van der Waals surface area contributed by atoms with Gasteiger partial charge < -0.3 is 4.74 Å². The van der Waals surface area contributed by atoms with Crippen LogP contribution in [0.1, 0.15) is 25.6 Å². The monoisotopic (exact) mass is 231 g/mol. The molecule has 2 rings (SSSR count). The minimum absolute atomic E-state index is 0.858. The first-order valence-electron chi connectivity index (χ1n) is 5.88. The Bertz CT molecular complexity index is 462. The van der Waals surface area contributed by atoms with Crippen LogP contribution in [0, 0.1) is 0 Å². The van der Waals surface area contributed by atoms with E-state index in [1.165, 1.54) is 0 Å². The molecule has 0 aliphatic rings. The molecule has 1 aromatic heterocycles. The van der Waals surface area contributed by atoms with E-state index in [1.54, 1.807) is 13.4 Å². The van der Waals surface area contributed by atoms with Gasteiger partial charge in [0.2, 0.25) is 0 Å². The molecule has 0 atom stereocenters. The van der Waals surface area contributed by atoms with Crippen molar-refractivity contribution in [2.75, 3.05) is 7.11 Å². The molecule has 1 aromatic carbocycles. The lowest BCUT2D eigenvalue weighted by atomic mass is 10.2. The van der Waals surface area contributed by atoms with Crippen LogP contribution in [-0.4, -0.2) is 21.9 Å². The molecule has 0 aliphatic carbocycles. The summed E-state index contributed by atoms with van der Waals surface area (Å²) in [6.07, 6.45) is 5.01. The van der Waals surface area contributed by atoms with E-state index in [9.17, 15) is 0 Å². The molecule has 0 N–H and O–H groups in total. The molecule has 0 unspecified atom stereocenters. The second-order valence-electron chi connectivity index (χ2n) is 3.92. The summed E-state index contributed by atoms with van der Waals surface area (Å²) >= 11 is 0. The largest absolute Gasteiger partial charge is 0.497 e. The van der Waals surface area contributed by atoms with Gasteiger partial charge in [-0.25, -0.2) is 0 Å². The average Bonchev–Trinajstić information content (AvgIpc) is 2.84. The van der Waals surface area contributed by atoms with Crippen LogP contribution in [0.3, 0.4) is 0 Å². The highest BCUT2D eigenvalue weighted by Crippen LogP contribution is 2.16. The topological polar surface area (TPSA) is 39.9 Å². The van der Waals surface area contributed by atoms with Gasteiger partial charge in [-0.1, -0.05) is 13.3 Å². The number of hydrogen-bond acceptors (Lipinski definition) is 3. The third-order valence-electron chi connectivity index (χ3n) is 2.72. The third-order valence-corrected chi connectivity index (χ3v) is 2.72. The number of aromatic nitrogens is 3. The summed E-state index contributed by atoms with van der Waals surface area (Å²) in [5, 5.41) is 8.13. The lowest BCUT2D eigenvalue weighted by Crippen LogP contribution is -2.00. The second kappa shape index (κ2) is 5.48. The van der Waals surface area contributed by atoms with Crippen LogP contribution in [0.5, 0.6) is 5.75 Å². The van der Waals surface area contributed by atoms with E-state index in [1.807, 2.05) is 28.8 Å². The third kappa shape index (κ3) is 2.64. The normalized spacial score (nSPS) is 10.5. The number of rotatable bonds is 5. The number of unbranched alkanes of at least 4 members (excludes halogenated alkanes) is 1. The summed E-state index contributed by atoms with van der Waals surface area (Å²) < 4.78 is 7.16. The van der Waals surface area contributed by atoms with E-state index >= 15 is 0 Å². The van der Waals surface area contributed by atoms with Crippen molar-refractivity contribution in [1.29, 1.82) is 0 Å². The Morgan fingerprint density at radius 1 is 1.24 bits per heavy atom. The van der Waals surface area contributed by atoms with E-state index in [0.29, 0.717) is 0 Å². The van der Waals surface area contributed by atoms with Gasteiger partial charge in [0, 0.05) is 12.1 Å². The molecule has 0 aliphatic heterocycles. The van der Waals surface area contributed by atoms with Crippen LogP contribution in [0.4, 0.5) is 0 Å². The standard InChI is InChI=1S/C13H17N3O/c1-3-4-5-13-15-14-10-16(13)11-6-8-12(17-2)9-7-11/h6-10H,3-5H2,1-2H3. The SMILES string of the molecule is CCCCc1nncn1-c1ccc(OC)cc1. The molecule has 0 fully saturated rings. The van der Waals surface area contributed by atoms with Gasteiger partial charge in [0.1, 0.15) is 17.9 Å². The van der Waals surface area contributed by atoms with Crippen molar-refractivity contribution in [2.24, 2.45) is 0 Å². The lowest BCUT2D eigenvalue weighted by Gasteiger charge is -2.07. The number of nitrogens with zero attached hydrogens (tertiary/aromatic N) is 3. The zero-order chi connectivity index (χ0) is 12.1. The highest BCUT2D eigenvalue weighted by atomic mass is 16.5. The fourth-order valence-corrected chi connectivity index (χ4v) is 1.72. The molecule has 0 radical (unpaired) electrons. The van der Waals surface area contributed by atoms with Crippen LogP contribution >= 0.6 is 0 Å². The van der Waals surface area contributed by atoms with Crippen LogP contribution in [-0.2, 0) is 6.42 Å². The maximum atomic E-state index is 5.14. The Morgan fingerprint density at radius 2 is 2.00 bits per heavy atom. The first-order valence-corrected chi connectivity index (χ1v) is 5.88. The predicted molar refractivity (Wildman–Crippen MR) is 66.5 cm³/mol. The summed E-state index contributed by atoms with van der Waals surface area (Å²) in [6, 6.07) is 7.91. The minimum Gasteiger partial charge on any atom is -0.497 e. The second-order valence-corrected chi connectivity index (χ2v) is 3.92. The maximum Gasteiger partial charge on any atom is 0.137 e. The fraction of sp³-hybridized carbons (Fsp3) is 0.385. The van der Waals surface area contributed by atoms with Crippen molar-refractivity contribution in [2.45, 2.75) is 26.2 Å². The highest BCUT2D eigenvalue weighted by Gasteiger charge is 2.05. The van der Waals surface area contributed by atoms with Gasteiger partial charge in [-0.05, 0) is 30.7 Å². The maximum absolute atomic E-state index is 5.14. The van der Waals surface area contributed by atoms with E-state index in [-0.39, 0.29) is 0 Å². The molecular weight excluding hydrogens is 214 g/mol. The predicted octanol–water partition coefficient (Wildman–Crippen LogP) is 2.62. The van der Waals surface area contributed by atoms with Gasteiger partial charge in [0.15, 0.2) is 0 Å². The molecule has 4 nitrogen and oxygen atoms in total. The number of methoxy groups -OCH3 is 1. The van der Waals surface area contributed by atoms with Gasteiger partial charge in [-0.2, -0.15) is 0 Å². The van der Waals surface area contributed by atoms with Crippen molar-refractivity contribution in [3.63, 3.8) is 0 Å². The molecule has 1 heterocycles. The Morgan fingerprint density at radius 3 is 2.65 bits per heavy atom. The molecular formula is C13H17N3O. The number of aryl methyl sites for hydroxylation is 1. The minimum atomic E-state index is 0.858. The van der Waals surface area contributed by atoms with Crippen LogP contribution in [0.2, 0.25) is 0 Å². The van der Waals surface area contributed by atoms with Crippen molar-refractivity contribution in [1.82, 2.24) is 14.8 Å². The van der Waals surface area contributed by atoms with E-state index < -0.39 is 0 Å². The summed E-state index contributed by atoms with van der Waals surface area (Å²) in [7, 11) is 1.67. The van der Waals surface area contributed by atoms with E-state index in [0.717, 1.165) is 36.5 Å². The van der Waals surface area contributed by atoms with E-state index in [4.69, 9.17) is 4.74 Å². The highest BCUT2D eigenvalue weighted by molar-refractivity contribution is 5.37. The van der Waals surface area contributed by atoms with Crippen molar-refractivity contribution in [3.8, 4) is 11.4 Å². The van der Waals surface area contributed by atoms with Gasteiger partial charge in [-0.3, -0.25) is 4.57 Å². The first-order chi connectivity index (χ1) is 8.35. The van der Waals surface area contributed by atoms with Crippen LogP contribution in [0.15, 0.2) is 30.6 Å². The summed E-state index contributed by atoms with van der Waals surface area (Å²) in [5.41, 5.74) is 1.07. The molecule has 4 heteroatoms. The molecule has 0 spiro atoms. The molecule has 0 amide bonds. The van der Waals surface area contributed by atoms with Crippen LogP contribution in [0.25, 0.3) is 5.69 Å². The molecule has 0 saturated heterocycles. The Kier molecular flexibility index (Phi) is 3.75. The Hall–Kier alpha value is -1.84. The summed E-state index contributed by atoms with van der Waals surface area (Å²) in [6.45, 7) is 2.17. The zero-order valence-electron chi connectivity index (χ0n) is 10.3. The number of hydrogen-bond donors (Lipinski definition) is 0. The van der Waals surface area contributed by atoms with Crippen molar-refractivity contribution in [3.05, 3.63) is 36.4 Å². The zero-order valence-corrected chi connectivity index (χ0v) is 10.3. The molecule has 17 heavy (non-hydrogen) atoms. The summed E-state index contributed by atoms with van der Waals surface area (Å²) in [4.78, 5) is 0. The van der Waals surface area contributed by atoms with Crippen molar-refractivity contribution < 1.29 is 4.74 Å². The fourth-order valence-electron chi connectivity index (χ4n) is 1.72. The quantitative estimate of drug-likeness (QED) is 0.794. The van der Waals surface area contributed by atoms with Gasteiger partial charge in [-0.15, -0.1) is 10.2 Å². The van der Waals surface area contributed by atoms with E-state index in [2.05, 4.69) is 17.1 Å². The smallest absolute Gasteiger partial charge is 0.137 e. The van der Waals surface area contributed by atoms with Crippen molar-refractivity contribution >= 4 is 0 Å². The Balaban J connectivity index is 2.23. The van der Waals surface area contributed by atoms with Gasteiger partial charge in [0.05, 0.1) is 7.11 Å². The van der Waals surface area contributed by atoms with Gasteiger partial charge in [0.25, 0.3) is 0 Å². The number of ether oxygens (including phenoxy) is 1. The molecule has 90 valence electrons. The molecule has 2 aromatic rings. The van der Waals surface area contributed by atoms with Crippen LogP contribution < -0.4 is 4.74 Å². The molecule has 0 saturated carbocycles. The molecule has 0 bridgehead atoms. The first kappa shape index (κ1) is 11.6. The summed E-state index contributed by atoms with van der Waals surface area (Å²) in [5.74, 6) is 1.87. The van der Waals surface area contributed by atoms with Gasteiger partial charge >= 0.3 is 0 Å².